The maximum absolute atomic E-state index is 12.2. The molecule has 236 valence electrons. The first-order valence-corrected chi connectivity index (χ1v) is 14.7. The minimum Gasteiger partial charge on any atom is -0.481 e. The zero-order valence-corrected chi connectivity index (χ0v) is 25.2. The van der Waals surface area contributed by atoms with E-state index in [2.05, 4.69) is 5.32 Å². The number of rotatable bonds is 20. The van der Waals surface area contributed by atoms with Crippen LogP contribution in [0.1, 0.15) is 92.4 Å². The number of unbranched alkanes of at least 4 members (excludes halogenated alkanes) is 2. The third-order valence-corrected chi connectivity index (χ3v) is 7.25. The molecule has 0 aromatic rings. The highest BCUT2D eigenvalue weighted by atomic mass is 16.7. The average Bonchev–Trinajstić information content (AvgIpc) is 2.91. The molecule has 6 atom stereocenters. The van der Waals surface area contributed by atoms with Crippen LogP contribution in [-0.2, 0) is 47.7 Å². The Bertz CT molecular complexity index is 834. The SMILES string of the molecule is CCC(CCCCNC(=O)CCCCOC1OC(COC(C)=O)C(OC(C)=O)C(C)C1C)COC(=O)CCC(=O)O. The summed E-state index contributed by atoms with van der Waals surface area (Å²) in [6.07, 6.45) is 3.04. The number of ether oxygens (including phenoxy) is 5. The zero-order valence-electron chi connectivity index (χ0n) is 25.2. The van der Waals surface area contributed by atoms with Crippen LogP contribution in [0.3, 0.4) is 0 Å². The van der Waals surface area contributed by atoms with Crippen LogP contribution in [0.15, 0.2) is 0 Å². The summed E-state index contributed by atoms with van der Waals surface area (Å²) < 4.78 is 27.7. The number of carbonyl (C=O) groups is 5. The molecule has 1 aliphatic heterocycles. The van der Waals surface area contributed by atoms with Gasteiger partial charge in [0.05, 0.1) is 19.4 Å². The van der Waals surface area contributed by atoms with Gasteiger partial charge in [-0.3, -0.25) is 24.0 Å². The molecule has 0 aromatic heterocycles. The Balaban J connectivity index is 2.24. The molecule has 41 heavy (non-hydrogen) atoms. The fourth-order valence-corrected chi connectivity index (χ4v) is 4.52. The summed E-state index contributed by atoms with van der Waals surface area (Å²) >= 11 is 0. The Labute approximate surface area is 243 Å². The number of esters is 3. The Morgan fingerprint density at radius 3 is 2.27 bits per heavy atom. The molecule has 0 radical (unpaired) electrons. The second-order valence-corrected chi connectivity index (χ2v) is 10.7. The Kier molecular flexibility index (Phi) is 17.9. The lowest BCUT2D eigenvalue weighted by Crippen LogP contribution is -2.53. The molecule has 1 rings (SSSR count). The minimum absolute atomic E-state index is 0.0222. The number of carbonyl (C=O) groups excluding carboxylic acids is 4. The molecule has 0 bridgehead atoms. The van der Waals surface area contributed by atoms with E-state index in [0.717, 1.165) is 25.7 Å². The molecule has 0 aromatic carbocycles. The topological polar surface area (TPSA) is 164 Å². The summed E-state index contributed by atoms with van der Waals surface area (Å²) in [5, 5.41) is 11.5. The van der Waals surface area contributed by atoms with Crippen molar-refractivity contribution in [1.29, 1.82) is 0 Å². The van der Waals surface area contributed by atoms with Crippen molar-refractivity contribution in [3.05, 3.63) is 0 Å². The lowest BCUT2D eigenvalue weighted by molar-refractivity contribution is -0.273. The van der Waals surface area contributed by atoms with Gasteiger partial charge in [0, 0.05) is 45.3 Å². The van der Waals surface area contributed by atoms with E-state index in [1.54, 1.807) is 0 Å². The number of amides is 1. The molecular formula is C29H49NO11. The van der Waals surface area contributed by atoms with Gasteiger partial charge >= 0.3 is 23.9 Å². The number of carboxylic acids is 1. The van der Waals surface area contributed by atoms with Gasteiger partial charge in [0.15, 0.2) is 6.29 Å². The maximum Gasteiger partial charge on any atom is 0.306 e. The molecule has 0 spiro atoms. The zero-order chi connectivity index (χ0) is 30.8. The molecule has 2 N–H and O–H groups in total. The second kappa shape index (κ2) is 20.2. The molecule has 1 aliphatic rings. The number of carboxylic acid groups (broad SMARTS) is 1. The second-order valence-electron chi connectivity index (χ2n) is 10.7. The molecule has 6 unspecified atom stereocenters. The van der Waals surface area contributed by atoms with Gasteiger partial charge in [0.25, 0.3) is 0 Å². The van der Waals surface area contributed by atoms with Crippen LogP contribution in [0.2, 0.25) is 0 Å². The number of hydrogen-bond acceptors (Lipinski definition) is 10. The van der Waals surface area contributed by atoms with Gasteiger partial charge in [-0.05, 0) is 31.6 Å². The minimum atomic E-state index is -1.02. The third-order valence-electron chi connectivity index (χ3n) is 7.25. The van der Waals surface area contributed by atoms with Crippen molar-refractivity contribution in [1.82, 2.24) is 5.32 Å². The summed E-state index contributed by atoms with van der Waals surface area (Å²) in [4.78, 5) is 57.1. The molecule has 0 saturated carbocycles. The number of nitrogens with one attached hydrogen (secondary N) is 1. The van der Waals surface area contributed by atoms with Crippen LogP contribution in [0.25, 0.3) is 0 Å². The predicted molar refractivity (Wildman–Crippen MR) is 147 cm³/mol. The molecular weight excluding hydrogens is 538 g/mol. The van der Waals surface area contributed by atoms with Gasteiger partial charge in [-0.2, -0.15) is 0 Å². The summed E-state index contributed by atoms with van der Waals surface area (Å²) in [7, 11) is 0. The van der Waals surface area contributed by atoms with Gasteiger partial charge in [0.2, 0.25) is 5.91 Å². The standard InChI is InChI=1S/C29H49NO11/c1-6-23(17-39-27(36)14-13-26(34)35)11-7-9-15-30-25(33)12-8-10-16-37-29-20(3)19(2)28(40-22(5)32)24(41-29)18-38-21(4)31/h19-20,23-24,28-29H,6-18H2,1-5H3,(H,30,33)(H,34,35). The van der Waals surface area contributed by atoms with Crippen LogP contribution < -0.4 is 5.32 Å². The van der Waals surface area contributed by atoms with Crippen molar-refractivity contribution in [2.75, 3.05) is 26.4 Å². The lowest BCUT2D eigenvalue weighted by atomic mass is 9.84. The van der Waals surface area contributed by atoms with E-state index in [1.807, 2.05) is 20.8 Å². The van der Waals surface area contributed by atoms with Crippen molar-refractivity contribution >= 4 is 29.8 Å². The number of aliphatic carboxylic acids is 1. The molecule has 1 heterocycles. The van der Waals surface area contributed by atoms with E-state index in [0.29, 0.717) is 32.4 Å². The van der Waals surface area contributed by atoms with Gasteiger partial charge in [-0.15, -0.1) is 0 Å². The maximum atomic E-state index is 12.2. The van der Waals surface area contributed by atoms with E-state index in [-0.39, 0.29) is 49.7 Å². The Hall–Kier alpha value is -2.73. The Morgan fingerprint density at radius 2 is 1.63 bits per heavy atom. The largest absolute Gasteiger partial charge is 0.481 e. The normalized spacial score (nSPS) is 22.8. The van der Waals surface area contributed by atoms with Crippen molar-refractivity contribution in [2.24, 2.45) is 17.8 Å². The van der Waals surface area contributed by atoms with Crippen molar-refractivity contribution < 1.29 is 52.8 Å². The van der Waals surface area contributed by atoms with Crippen LogP contribution in [0.4, 0.5) is 0 Å². The highest BCUT2D eigenvalue weighted by molar-refractivity contribution is 5.76. The van der Waals surface area contributed by atoms with E-state index < -0.39 is 42.4 Å². The first-order valence-electron chi connectivity index (χ1n) is 14.7. The van der Waals surface area contributed by atoms with Crippen LogP contribution in [0, 0.1) is 17.8 Å². The van der Waals surface area contributed by atoms with Gasteiger partial charge in [0.1, 0.15) is 18.8 Å². The fourth-order valence-electron chi connectivity index (χ4n) is 4.52. The van der Waals surface area contributed by atoms with Gasteiger partial charge < -0.3 is 34.1 Å². The van der Waals surface area contributed by atoms with Crippen LogP contribution in [0.5, 0.6) is 0 Å². The van der Waals surface area contributed by atoms with Crippen molar-refractivity contribution in [2.45, 2.75) is 111 Å². The van der Waals surface area contributed by atoms with Crippen LogP contribution >= 0.6 is 0 Å². The van der Waals surface area contributed by atoms with E-state index in [1.165, 1.54) is 13.8 Å². The summed E-state index contributed by atoms with van der Waals surface area (Å²) in [5.41, 5.74) is 0. The third kappa shape index (κ3) is 15.7. The van der Waals surface area contributed by atoms with Crippen molar-refractivity contribution in [3.8, 4) is 0 Å². The molecule has 1 saturated heterocycles. The van der Waals surface area contributed by atoms with Crippen LogP contribution in [-0.4, -0.2) is 79.8 Å². The van der Waals surface area contributed by atoms with Gasteiger partial charge in [-0.1, -0.05) is 33.6 Å². The monoisotopic (exact) mass is 587 g/mol. The van der Waals surface area contributed by atoms with Crippen molar-refractivity contribution in [3.63, 3.8) is 0 Å². The predicted octanol–water partition coefficient (Wildman–Crippen LogP) is 3.39. The van der Waals surface area contributed by atoms with E-state index in [9.17, 15) is 24.0 Å². The highest BCUT2D eigenvalue weighted by Crippen LogP contribution is 2.33. The smallest absolute Gasteiger partial charge is 0.306 e. The number of hydrogen-bond donors (Lipinski definition) is 2. The molecule has 12 heteroatoms. The quantitative estimate of drug-likeness (QED) is 0.122. The average molecular weight is 588 g/mol. The van der Waals surface area contributed by atoms with Gasteiger partial charge in [-0.25, -0.2) is 0 Å². The molecule has 1 fully saturated rings. The Morgan fingerprint density at radius 1 is 0.902 bits per heavy atom. The molecule has 12 nitrogen and oxygen atoms in total. The summed E-state index contributed by atoms with van der Waals surface area (Å²) in [6.45, 7) is 9.78. The first-order chi connectivity index (χ1) is 19.4. The first kappa shape index (κ1) is 36.3. The molecule has 1 amide bonds. The van der Waals surface area contributed by atoms with E-state index >= 15 is 0 Å². The summed E-state index contributed by atoms with van der Waals surface area (Å²) in [5.74, 6) is -2.34. The molecule has 0 aliphatic carbocycles. The highest BCUT2D eigenvalue weighted by Gasteiger charge is 2.44. The lowest BCUT2D eigenvalue weighted by Gasteiger charge is -2.43. The van der Waals surface area contributed by atoms with E-state index in [4.69, 9.17) is 28.8 Å². The fraction of sp³-hybridized carbons (Fsp3) is 0.828. The summed E-state index contributed by atoms with van der Waals surface area (Å²) in [6, 6.07) is 0.